The lowest BCUT2D eigenvalue weighted by Gasteiger charge is -2.49. The highest BCUT2D eigenvalue weighted by Crippen LogP contribution is 2.43. The average molecular weight is 375 g/mol. The zero-order chi connectivity index (χ0) is 19.0. The molecule has 0 aromatic carbocycles. The summed E-state index contributed by atoms with van der Waals surface area (Å²) in [5.74, 6) is 1.90. The van der Waals surface area contributed by atoms with E-state index in [0.29, 0.717) is 30.4 Å². The monoisotopic (exact) mass is 374 g/mol. The maximum atomic E-state index is 11.8. The van der Waals surface area contributed by atoms with E-state index in [2.05, 4.69) is 28.0 Å². The first kappa shape index (κ1) is 18.8. The minimum atomic E-state index is -0.294. The number of aryl methyl sites for hydroxylation is 1. The van der Waals surface area contributed by atoms with Gasteiger partial charge in [0.1, 0.15) is 6.61 Å². The van der Waals surface area contributed by atoms with Crippen LogP contribution in [0.1, 0.15) is 75.6 Å². The molecule has 6 nitrogen and oxygen atoms in total. The van der Waals surface area contributed by atoms with E-state index in [-0.39, 0.29) is 12.1 Å². The molecular weight excluding hydrogens is 340 g/mol. The number of hydrogen-bond donors (Lipinski definition) is 1. The first-order valence-electron chi connectivity index (χ1n) is 10.7. The van der Waals surface area contributed by atoms with Crippen molar-refractivity contribution in [2.24, 2.45) is 13.0 Å². The number of alkyl carbamates (subject to hydrolysis) is 1. The van der Waals surface area contributed by atoms with Crippen molar-refractivity contribution in [2.75, 3.05) is 19.7 Å². The van der Waals surface area contributed by atoms with Crippen molar-refractivity contribution in [3.63, 3.8) is 0 Å². The van der Waals surface area contributed by atoms with Gasteiger partial charge in [0, 0.05) is 43.2 Å². The molecule has 2 bridgehead atoms. The van der Waals surface area contributed by atoms with Crippen LogP contribution < -0.4 is 5.32 Å². The zero-order valence-electron chi connectivity index (χ0n) is 17.0. The molecule has 4 atom stereocenters. The summed E-state index contributed by atoms with van der Waals surface area (Å²) in [6.07, 6.45) is 7.36. The summed E-state index contributed by atoms with van der Waals surface area (Å²) >= 11 is 0. The van der Waals surface area contributed by atoms with Crippen LogP contribution in [0.2, 0.25) is 0 Å². The van der Waals surface area contributed by atoms with Crippen LogP contribution in [0.3, 0.4) is 0 Å². The van der Waals surface area contributed by atoms with Gasteiger partial charge in [-0.1, -0.05) is 12.8 Å². The smallest absolute Gasteiger partial charge is 0.407 e. The lowest BCUT2D eigenvalue weighted by Crippen LogP contribution is -2.54. The molecule has 1 saturated carbocycles. The Labute approximate surface area is 162 Å². The molecular formula is C21H34N4O2. The highest BCUT2D eigenvalue weighted by molar-refractivity contribution is 5.67. The van der Waals surface area contributed by atoms with E-state index in [9.17, 15) is 4.79 Å². The third-order valence-corrected chi connectivity index (χ3v) is 6.78. The van der Waals surface area contributed by atoms with Gasteiger partial charge in [-0.25, -0.2) is 4.79 Å². The van der Waals surface area contributed by atoms with Gasteiger partial charge in [-0.2, -0.15) is 5.10 Å². The van der Waals surface area contributed by atoms with Crippen LogP contribution in [0.25, 0.3) is 0 Å². The second kappa shape index (κ2) is 7.82. The van der Waals surface area contributed by atoms with Crippen molar-refractivity contribution in [3.05, 3.63) is 17.5 Å². The number of fused-ring (bicyclic) bond motifs is 3. The Hall–Kier alpha value is -1.56. The zero-order valence-corrected chi connectivity index (χ0v) is 17.0. The van der Waals surface area contributed by atoms with E-state index < -0.39 is 0 Å². The van der Waals surface area contributed by atoms with E-state index in [1.165, 1.54) is 43.5 Å². The van der Waals surface area contributed by atoms with Gasteiger partial charge in [-0.3, -0.25) is 9.58 Å². The molecule has 5 rings (SSSR count). The van der Waals surface area contributed by atoms with Crippen LogP contribution in [-0.2, 0) is 11.8 Å². The van der Waals surface area contributed by atoms with Crippen molar-refractivity contribution < 1.29 is 9.53 Å². The quantitative estimate of drug-likeness (QED) is 0.858. The Morgan fingerprint density at radius 2 is 2.11 bits per heavy atom. The number of hydrogen-bond acceptors (Lipinski definition) is 4. The molecule has 4 fully saturated rings. The first-order valence-corrected chi connectivity index (χ1v) is 10.7. The van der Waals surface area contributed by atoms with Gasteiger partial charge in [0.15, 0.2) is 0 Å². The van der Waals surface area contributed by atoms with Gasteiger partial charge in [-0.05, 0) is 58.1 Å². The van der Waals surface area contributed by atoms with E-state index in [1.54, 1.807) is 0 Å². The maximum absolute atomic E-state index is 11.8. The van der Waals surface area contributed by atoms with Crippen LogP contribution in [0.5, 0.6) is 0 Å². The summed E-state index contributed by atoms with van der Waals surface area (Å²) in [5.41, 5.74) is 2.72. The maximum Gasteiger partial charge on any atom is 0.407 e. The minimum absolute atomic E-state index is 0.115. The number of carbonyl (C=O) groups excluding carboxylic acids is 1. The molecule has 1 aliphatic carbocycles. The highest BCUT2D eigenvalue weighted by Gasteiger charge is 2.42. The van der Waals surface area contributed by atoms with Crippen molar-refractivity contribution in [3.8, 4) is 0 Å². The number of nitrogens with one attached hydrogen (secondary N) is 1. The highest BCUT2D eigenvalue weighted by atomic mass is 16.5. The number of amides is 1. The second-order valence-electron chi connectivity index (χ2n) is 9.04. The normalized spacial score (nSPS) is 30.8. The Morgan fingerprint density at radius 1 is 1.33 bits per heavy atom. The largest absolute Gasteiger partial charge is 0.448 e. The van der Waals surface area contributed by atoms with Crippen LogP contribution in [0.4, 0.5) is 4.79 Å². The summed E-state index contributed by atoms with van der Waals surface area (Å²) in [4.78, 5) is 14.3. The average Bonchev–Trinajstić information content (AvgIpc) is 3.29. The molecule has 1 aromatic rings. The van der Waals surface area contributed by atoms with E-state index in [0.717, 1.165) is 19.5 Å². The molecule has 1 aromatic heterocycles. The molecule has 4 heterocycles. The Morgan fingerprint density at radius 3 is 2.78 bits per heavy atom. The molecule has 4 aliphatic rings. The third kappa shape index (κ3) is 4.00. The number of nitrogens with zero attached hydrogens (tertiary/aromatic N) is 3. The van der Waals surface area contributed by atoms with E-state index in [1.807, 2.05) is 13.8 Å². The Bertz CT molecular complexity index is 665. The van der Waals surface area contributed by atoms with Crippen LogP contribution >= 0.6 is 0 Å². The lowest BCUT2D eigenvalue weighted by atomic mass is 9.74. The van der Waals surface area contributed by atoms with Crippen LogP contribution in [-0.4, -0.2) is 52.6 Å². The standard InChI is InChI=1S/C21H34N4O2/c1-14(2)22-21(26)27-13-17-10-16-8-9-25(17)12-18(16)20-11-19(23-24(20)3)15-6-4-5-7-15/h11,14-18H,4-10,12-13H2,1-3H3,(H,22,26)/t16-,17+,18-/m0/s1. The number of piperidine rings is 3. The van der Waals surface area contributed by atoms with Crippen molar-refractivity contribution in [2.45, 2.75) is 76.3 Å². The lowest BCUT2D eigenvalue weighted by molar-refractivity contribution is -0.00442. The van der Waals surface area contributed by atoms with Gasteiger partial charge in [0.25, 0.3) is 0 Å². The molecule has 6 heteroatoms. The van der Waals surface area contributed by atoms with Gasteiger partial charge in [0.05, 0.1) is 5.69 Å². The van der Waals surface area contributed by atoms with Gasteiger partial charge in [0.2, 0.25) is 0 Å². The number of carbonyl (C=O) groups is 1. The Balaban J connectivity index is 1.38. The summed E-state index contributed by atoms with van der Waals surface area (Å²) in [7, 11) is 2.11. The molecule has 3 saturated heterocycles. The van der Waals surface area contributed by atoms with Crippen LogP contribution in [0, 0.1) is 5.92 Å². The third-order valence-electron chi connectivity index (χ3n) is 6.78. The number of ether oxygens (including phenoxy) is 1. The first-order chi connectivity index (χ1) is 13.0. The molecule has 0 radical (unpaired) electrons. The summed E-state index contributed by atoms with van der Waals surface area (Å²) < 4.78 is 7.61. The van der Waals surface area contributed by atoms with Crippen LogP contribution in [0.15, 0.2) is 6.07 Å². The molecule has 1 unspecified atom stereocenters. The van der Waals surface area contributed by atoms with Crippen molar-refractivity contribution >= 4 is 6.09 Å². The fourth-order valence-corrected chi connectivity index (χ4v) is 5.37. The fraction of sp³-hybridized carbons (Fsp3) is 0.810. The summed E-state index contributed by atoms with van der Waals surface area (Å²) in [6, 6.07) is 2.87. The predicted molar refractivity (Wildman–Crippen MR) is 105 cm³/mol. The summed E-state index contributed by atoms with van der Waals surface area (Å²) in [5, 5.41) is 7.68. The van der Waals surface area contributed by atoms with Gasteiger partial charge >= 0.3 is 6.09 Å². The second-order valence-corrected chi connectivity index (χ2v) is 9.04. The molecule has 1 N–H and O–H groups in total. The van der Waals surface area contributed by atoms with Crippen molar-refractivity contribution in [1.82, 2.24) is 20.0 Å². The SMILES string of the molecule is CC(C)NC(=O)OC[C@H]1C[C@@H]2CCN1C[C@@H]2c1cc(C2CCCC2)nn1C. The van der Waals surface area contributed by atoms with E-state index in [4.69, 9.17) is 9.84 Å². The molecule has 0 spiro atoms. The molecule has 150 valence electrons. The number of aromatic nitrogens is 2. The summed E-state index contributed by atoms with van der Waals surface area (Å²) in [6.45, 7) is 6.58. The van der Waals surface area contributed by atoms with Gasteiger partial charge in [-0.15, -0.1) is 0 Å². The predicted octanol–water partition coefficient (Wildman–Crippen LogP) is 3.39. The molecule has 3 aliphatic heterocycles. The Kier molecular flexibility index (Phi) is 5.44. The topological polar surface area (TPSA) is 59.4 Å². The van der Waals surface area contributed by atoms with E-state index >= 15 is 0 Å². The van der Waals surface area contributed by atoms with Gasteiger partial charge < -0.3 is 10.1 Å². The molecule has 27 heavy (non-hydrogen) atoms. The fourth-order valence-electron chi connectivity index (χ4n) is 5.37. The minimum Gasteiger partial charge on any atom is -0.448 e. The van der Waals surface area contributed by atoms with Crippen molar-refractivity contribution in [1.29, 1.82) is 0 Å². The number of rotatable bonds is 5. The molecule has 1 amide bonds.